The lowest BCUT2D eigenvalue weighted by molar-refractivity contribution is -0.119. The number of carbonyl (C=O) groups is 1. The van der Waals surface area contributed by atoms with E-state index in [1.54, 1.807) is 18.2 Å². The maximum atomic E-state index is 14.3. The van der Waals surface area contributed by atoms with Gasteiger partial charge in [0.05, 0.1) is 28.6 Å². The molecule has 3 fully saturated rings. The minimum Gasteiger partial charge on any atom is -0.381 e. The number of Topliss-reactive ketones (excluding diaryl/α,β-unsaturated/α-hetero) is 1. The number of alkyl halides is 2. The number of ether oxygens (including phenoxy) is 2. The highest BCUT2D eigenvalue weighted by Gasteiger charge is 2.32. The Kier molecular flexibility index (Phi) is 7.82. The highest BCUT2D eigenvalue weighted by Crippen LogP contribution is 2.38. The molecule has 220 valence electrons. The molecule has 0 bridgehead atoms. The van der Waals surface area contributed by atoms with Crippen LogP contribution in [-0.2, 0) is 30.5 Å². The summed E-state index contributed by atoms with van der Waals surface area (Å²) in [6.07, 6.45) is 3.31. The van der Waals surface area contributed by atoms with Crippen LogP contribution in [0.1, 0.15) is 80.6 Å². The van der Waals surface area contributed by atoms with Crippen LogP contribution in [-0.4, -0.2) is 54.8 Å². The van der Waals surface area contributed by atoms with Gasteiger partial charge in [0.1, 0.15) is 17.5 Å². The zero-order valence-electron chi connectivity index (χ0n) is 22.9. The molecule has 2 saturated heterocycles. The average molecular weight is 589 g/mol. The topological polar surface area (TPSA) is 112 Å². The van der Waals surface area contributed by atoms with E-state index in [4.69, 9.17) is 9.47 Å². The first-order valence-corrected chi connectivity index (χ1v) is 16.1. The third kappa shape index (κ3) is 6.00. The molecule has 2 aliphatic heterocycles. The number of anilines is 2. The SMILES string of the molecule is CS(=O)(=O)c1cc(C2CCCOC2)ccc1Nc1cc(CC(=O)C2CC2)nc2c1nc(C(F)F)n2C1CCCCO1. The van der Waals surface area contributed by atoms with Gasteiger partial charge in [0, 0.05) is 37.7 Å². The van der Waals surface area contributed by atoms with Gasteiger partial charge in [-0.3, -0.25) is 9.36 Å². The first-order chi connectivity index (χ1) is 19.7. The predicted octanol–water partition coefficient (Wildman–Crippen LogP) is 5.63. The molecule has 1 aromatic carbocycles. The molecule has 3 aliphatic rings. The number of nitrogens with one attached hydrogen (secondary N) is 1. The van der Waals surface area contributed by atoms with Crippen LogP contribution in [0, 0.1) is 5.92 Å². The number of imidazole rings is 1. The second-order valence-corrected chi connectivity index (χ2v) is 13.3. The summed E-state index contributed by atoms with van der Waals surface area (Å²) in [5, 5.41) is 3.17. The fourth-order valence-electron chi connectivity index (χ4n) is 5.76. The molecule has 0 amide bonds. The third-order valence-corrected chi connectivity index (χ3v) is 9.20. The number of aromatic nitrogens is 3. The molecular formula is C29H34F2N4O5S. The Morgan fingerprint density at radius 1 is 1.07 bits per heavy atom. The number of rotatable bonds is 9. The molecule has 1 aliphatic carbocycles. The van der Waals surface area contributed by atoms with Crippen molar-refractivity contribution in [2.24, 2.45) is 5.92 Å². The van der Waals surface area contributed by atoms with Crippen LogP contribution >= 0.6 is 0 Å². The maximum Gasteiger partial charge on any atom is 0.295 e. The predicted molar refractivity (Wildman–Crippen MR) is 148 cm³/mol. The Bertz CT molecular complexity index is 1560. The highest BCUT2D eigenvalue weighted by molar-refractivity contribution is 7.90. The van der Waals surface area contributed by atoms with Crippen LogP contribution in [0.5, 0.6) is 0 Å². The summed E-state index contributed by atoms with van der Waals surface area (Å²) in [6.45, 7) is 1.66. The van der Waals surface area contributed by atoms with Gasteiger partial charge in [0.2, 0.25) is 0 Å². The molecule has 41 heavy (non-hydrogen) atoms. The fourth-order valence-corrected chi connectivity index (χ4v) is 6.63. The summed E-state index contributed by atoms with van der Waals surface area (Å²) in [5.41, 5.74) is 2.23. The number of hydrogen-bond acceptors (Lipinski definition) is 8. The van der Waals surface area contributed by atoms with E-state index in [0.717, 1.165) is 50.3 Å². The van der Waals surface area contributed by atoms with E-state index in [-0.39, 0.29) is 40.1 Å². The number of carbonyl (C=O) groups excluding carboxylic acids is 1. The van der Waals surface area contributed by atoms with Crippen LogP contribution in [0.25, 0.3) is 11.2 Å². The first kappa shape index (κ1) is 28.2. The van der Waals surface area contributed by atoms with Crippen molar-refractivity contribution < 1.29 is 31.5 Å². The third-order valence-electron chi connectivity index (χ3n) is 8.06. The first-order valence-electron chi connectivity index (χ1n) is 14.2. The number of nitrogens with zero attached hydrogens (tertiary/aromatic N) is 3. The summed E-state index contributed by atoms with van der Waals surface area (Å²) in [5.74, 6) is -0.331. The quantitative estimate of drug-likeness (QED) is 0.342. The van der Waals surface area contributed by atoms with E-state index in [0.29, 0.717) is 43.3 Å². The maximum absolute atomic E-state index is 14.3. The summed E-state index contributed by atoms with van der Waals surface area (Å²) in [4.78, 5) is 21.8. The Labute approximate surface area is 237 Å². The number of hydrogen-bond donors (Lipinski definition) is 1. The second-order valence-electron chi connectivity index (χ2n) is 11.3. The molecule has 1 saturated carbocycles. The number of benzene rings is 1. The van der Waals surface area contributed by atoms with Crippen molar-refractivity contribution in [1.29, 1.82) is 0 Å². The van der Waals surface area contributed by atoms with E-state index in [1.165, 1.54) is 4.57 Å². The van der Waals surface area contributed by atoms with E-state index in [9.17, 15) is 22.0 Å². The van der Waals surface area contributed by atoms with E-state index >= 15 is 0 Å². The van der Waals surface area contributed by atoms with Crippen molar-refractivity contribution in [3.05, 3.63) is 41.3 Å². The Balaban J connectivity index is 1.47. The number of halogens is 2. The number of sulfone groups is 1. The van der Waals surface area contributed by atoms with Gasteiger partial charge in [0.15, 0.2) is 21.3 Å². The zero-order valence-corrected chi connectivity index (χ0v) is 23.8. The van der Waals surface area contributed by atoms with Crippen molar-refractivity contribution in [3.8, 4) is 0 Å². The summed E-state index contributed by atoms with van der Waals surface area (Å²) in [6, 6.07) is 6.83. The second kappa shape index (κ2) is 11.4. The molecule has 0 radical (unpaired) electrons. The van der Waals surface area contributed by atoms with Gasteiger partial charge in [0.25, 0.3) is 6.43 Å². The Morgan fingerprint density at radius 3 is 2.56 bits per heavy atom. The van der Waals surface area contributed by atoms with Gasteiger partial charge < -0.3 is 14.8 Å². The van der Waals surface area contributed by atoms with Gasteiger partial charge >= 0.3 is 0 Å². The van der Waals surface area contributed by atoms with Crippen LogP contribution in [0.3, 0.4) is 0 Å². The lowest BCUT2D eigenvalue weighted by atomic mass is 9.93. The zero-order chi connectivity index (χ0) is 28.7. The van der Waals surface area contributed by atoms with Crippen LogP contribution < -0.4 is 5.32 Å². The molecule has 6 rings (SSSR count). The molecule has 1 N–H and O–H groups in total. The molecule has 9 nitrogen and oxygen atoms in total. The van der Waals surface area contributed by atoms with Crippen molar-refractivity contribution >= 4 is 38.2 Å². The molecule has 2 unspecified atom stereocenters. The summed E-state index contributed by atoms with van der Waals surface area (Å²) >= 11 is 0. The minimum atomic E-state index is -3.67. The fraction of sp³-hybridized carbons (Fsp3) is 0.552. The number of fused-ring (bicyclic) bond motifs is 1. The normalized spacial score (nSPS) is 21.9. The van der Waals surface area contributed by atoms with Crippen LogP contribution in [0.2, 0.25) is 0 Å². The standard InChI is InChI=1S/C29H34F2N4O5S/c1-41(37,38)24-13-18(19-5-4-11-39-16-19)9-10-21(24)33-22-14-20(15-23(36)17-7-8-17)32-28-26(22)34-29(27(30)31)35(28)25-6-2-3-12-40-25/h9-10,13-14,17,19,25,27H,2-8,11-12,15-16H2,1H3,(H,32,33). The highest BCUT2D eigenvalue weighted by atomic mass is 32.2. The minimum absolute atomic E-state index is 0.000248. The summed E-state index contributed by atoms with van der Waals surface area (Å²) in [7, 11) is -3.67. The summed E-state index contributed by atoms with van der Waals surface area (Å²) < 4.78 is 67.3. The van der Waals surface area contributed by atoms with E-state index < -0.39 is 28.3 Å². The van der Waals surface area contributed by atoms with Gasteiger partial charge in [-0.1, -0.05) is 6.07 Å². The number of ketones is 1. The lowest BCUT2D eigenvalue weighted by Crippen LogP contribution is -2.21. The van der Waals surface area contributed by atoms with Crippen molar-refractivity contribution in [2.45, 2.75) is 74.8 Å². The molecule has 12 heteroatoms. The average Bonchev–Trinajstić information content (AvgIpc) is 3.74. The molecular weight excluding hydrogens is 554 g/mol. The van der Waals surface area contributed by atoms with E-state index in [2.05, 4.69) is 15.3 Å². The van der Waals surface area contributed by atoms with Crippen molar-refractivity contribution in [3.63, 3.8) is 0 Å². The molecule has 0 spiro atoms. The lowest BCUT2D eigenvalue weighted by Gasteiger charge is -2.25. The van der Waals surface area contributed by atoms with Gasteiger partial charge in [-0.25, -0.2) is 27.2 Å². The molecule has 4 heterocycles. The molecule has 2 aromatic heterocycles. The molecule has 3 aromatic rings. The van der Waals surface area contributed by atoms with Crippen LogP contribution in [0.4, 0.5) is 20.2 Å². The largest absolute Gasteiger partial charge is 0.381 e. The number of pyridine rings is 1. The smallest absolute Gasteiger partial charge is 0.295 e. The van der Waals surface area contributed by atoms with Gasteiger partial charge in [-0.05, 0) is 68.7 Å². The monoisotopic (exact) mass is 588 g/mol. The van der Waals surface area contributed by atoms with Crippen molar-refractivity contribution in [1.82, 2.24) is 14.5 Å². The van der Waals surface area contributed by atoms with E-state index in [1.807, 2.05) is 6.07 Å². The molecule has 2 atom stereocenters. The van der Waals surface area contributed by atoms with Crippen molar-refractivity contribution in [2.75, 3.05) is 31.4 Å². The van der Waals surface area contributed by atoms with Gasteiger partial charge in [-0.2, -0.15) is 0 Å². The van der Waals surface area contributed by atoms with Gasteiger partial charge in [-0.15, -0.1) is 0 Å². The Morgan fingerprint density at radius 2 is 1.90 bits per heavy atom. The van der Waals surface area contributed by atoms with Crippen LogP contribution in [0.15, 0.2) is 29.2 Å². The Hall–Kier alpha value is -2.96.